The van der Waals surface area contributed by atoms with Crippen LogP contribution in [0.15, 0.2) is 16.9 Å². The molecule has 3 aromatic rings. The van der Waals surface area contributed by atoms with E-state index in [1.165, 1.54) is 0 Å². The molecule has 150 valence electrons. The maximum Gasteiger partial charge on any atom is 0.422 e. The molecule has 0 aliphatic rings. The molecule has 0 atom stereocenters. The van der Waals surface area contributed by atoms with Crippen LogP contribution in [0.25, 0.3) is 16.9 Å². The first-order chi connectivity index (χ1) is 13.0. The van der Waals surface area contributed by atoms with Gasteiger partial charge < -0.3 is 4.74 Å². The van der Waals surface area contributed by atoms with Crippen molar-refractivity contribution in [3.63, 3.8) is 0 Å². The molecule has 0 spiro atoms. The summed E-state index contributed by atoms with van der Waals surface area (Å²) in [6, 6.07) is -0.336. The molecule has 0 bridgehead atoms. The van der Waals surface area contributed by atoms with Crippen LogP contribution in [0.4, 0.5) is 35.1 Å². The smallest absolute Gasteiger partial charge is 0.422 e. The summed E-state index contributed by atoms with van der Waals surface area (Å²) in [4.78, 5) is 17.0. The Morgan fingerprint density at radius 1 is 1.14 bits per heavy atom. The number of imidazole rings is 1. The predicted molar refractivity (Wildman–Crippen MR) is 75.4 cm³/mol. The standard InChI is InChI=1S/C14H6F8N4O2/c15-5-1-4(2-6(16)7(5)17)9-8(10(18)19)23-11-12(27)24-13(25-26(9)11)28-3-14(20,21)22/h1-2,10H,3H2,(H,24,25,27). The van der Waals surface area contributed by atoms with Gasteiger partial charge in [0.25, 0.3) is 12.0 Å². The normalized spacial score (nSPS) is 12.2. The number of halogens is 8. The first kappa shape index (κ1) is 19.6. The van der Waals surface area contributed by atoms with Crippen LogP contribution in [0.2, 0.25) is 0 Å². The number of alkyl halides is 5. The van der Waals surface area contributed by atoms with Crippen LogP contribution in [0.5, 0.6) is 6.01 Å². The summed E-state index contributed by atoms with van der Waals surface area (Å²) >= 11 is 0. The number of aromatic nitrogens is 4. The van der Waals surface area contributed by atoms with Gasteiger partial charge in [-0.05, 0) is 12.1 Å². The Kier molecular flexibility index (Phi) is 4.72. The zero-order chi connectivity index (χ0) is 20.8. The lowest BCUT2D eigenvalue weighted by Crippen LogP contribution is -2.23. The van der Waals surface area contributed by atoms with Crippen molar-refractivity contribution in [3.05, 3.63) is 45.6 Å². The summed E-state index contributed by atoms with van der Waals surface area (Å²) in [5.41, 5.74) is -4.74. The summed E-state index contributed by atoms with van der Waals surface area (Å²) < 4.78 is 108. The maximum atomic E-state index is 13.5. The molecule has 28 heavy (non-hydrogen) atoms. The van der Waals surface area contributed by atoms with E-state index < -0.39 is 70.8 Å². The molecule has 0 saturated heterocycles. The SMILES string of the molecule is O=c1[nH]c(OCC(F)(F)F)nn2c(-c3cc(F)c(F)c(F)c3)c(C(F)F)nc12. The molecule has 0 fully saturated rings. The van der Waals surface area contributed by atoms with Gasteiger partial charge in [0, 0.05) is 5.56 Å². The zero-order valence-corrected chi connectivity index (χ0v) is 13.1. The largest absolute Gasteiger partial charge is 0.454 e. The lowest BCUT2D eigenvalue weighted by Gasteiger charge is -2.09. The molecular weight excluding hydrogens is 408 g/mol. The van der Waals surface area contributed by atoms with Crippen molar-refractivity contribution in [2.24, 2.45) is 0 Å². The van der Waals surface area contributed by atoms with E-state index in [1.807, 2.05) is 0 Å². The van der Waals surface area contributed by atoms with Crippen molar-refractivity contribution in [2.75, 3.05) is 6.61 Å². The summed E-state index contributed by atoms with van der Waals surface area (Å²) in [5, 5.41) is 3.40. The first-order valence-electron chi connectivity index (χ1n) is 7.13. The highest BCUT2D eigenvalue weighted by Gasteiger charge is 2.30. The molecule has 0 radical (unpaired) electrons. The number of hydrogen-bond acceptors (Lipinski definition) is 4. The van der Waals surface area contributed by atoms with Crippen molar-refractivity contribution in [1.82, 2.24) is 19.6 Å². The third-order valence-corrected chi connectivity index (χ3v) is 3.33. The molecule has 3 rings (SSSR count). The quantitative estimate of drug-likeness (QED) is 0.525. The lowest BCUT2D eigenvalue weighted by molar-refractivity contribution is -0.154. The van der Waals surface area contributed by atoms with Crippen molar-refractivity contribution in [2.45, 2.75) is 12.6 Å². The Morgan fingerprint density at radius 3 is 2.29 bits per heavy atom. The van der Waals surface area contributed by atoms with Crippen molar-refractivity contribution in [1.29, 1.82) is 0 Å². The van der Waals surface area contributed by atoms with Gasteiger partial charge in [-0.25, -0.2) is 31.5 Å². The number of hydrogen-bond donors (Lipinski definition) is 1. The van der Waals surface area contributed by atoms with E-state index in [0.717, 1.165) is 0 Å². The number of ether oxygens (including phenoxy) is 1. The molecule has 0 aliphatic carbocycles. The van der Waals surface area contributed by atoms with Crippen LogP contribution < -0.4 is 10.3 Å². The van der Waals surface area contributed by atoms with Gasteiger partial charge in [0.1, 0.15) is 11.4 Å². The summed E-state index contributed by atoms with van der Waals surface area (Å²) in [7, 11) is 0. The Morgan fingerprint density at radius 2 is 1.75 bits per heavy atom. The molecule has 0 saturated carbocycles. The molecule has 6 nitrogen and oxygen atoms in total. The fourth-order valence-electron chi connectivity index (χ4n) is 2.27. The highest BCUT2D eigenvalue weighted by molar-refractivity contribution is 5.67. The van der Waals surface area contributed by atoms with Gasteiger partial charge in [-0.15, -0.1) is 5.10 Å². The molecule has 1 N–H and O–H groups in total. The van der Waals surface area contributed by atoms with Crippen LogP contribution >= 0.6 is 0 Å². The minimum atomic E-state index is -4.80. The minimum Gasteiger partial charge on any atom is -0.454 e. The second-order valence-electron chi connectivity index (χ2n) is 5.30. The first-order valence-corrected chi connectivity index (χ1v) is 7.13. The van der Waals surface area contributed by atoms with Crippen LogP contribution in [-0.4, -0.2) is 32.4 Å². The highest BCUT2D eigenvalue weighted by atomic mass is 19.4. The van der Waals surface area contributed by atoms with Gasteiger partial charge in [0.05, 0.1) is 0 Å². The fraction of sp³-hybridized carbons (Fsp3) is 0.214. The Labute approximate surface area is 148 Å². The third kappa shape index (κ3) is 3.61. The van der Waals surface area contributed by atoms with E-state index in [2.05, 4.69) is 14.8 Å². The number of nitrogens with zero attached hydrogens (tertiary/aromatic N) is 3. The highest BCUT2D eigenvalue weighted by Crippen LogP contribution is 2.32. The van der Waals surface area contributed by atoms with Crippen molar-refractivity contribution < 1.29 is 39.9 Å². The van der Waals surface area contributed by atoms with E-state index in [0.29, 0.717) is 16.6 Å². The Hall–Kier alpha value is -3.19. The maximum absolute atomic E-state index is 13.5. The predicted octanol–water partition coefficient (Wildman–Crippen LogP) is 3.38. The average Bonchev–Trinajstić information content (AvgIpc) is 2.97. The van der Waals surface area contributed by atoms with Gasteiger partial charge in [0.2, 0.25) is 5.65 Å². The second kappa shape index (κ2) is 6.76. The van der Waals surface area contributed by atoms with E-state index in [4.69, 9.17) is 0 Å². The average molecular weight is 414 g/mol. The number of aromatic amines is 1. The summed E-state index contributed by atoms with van der Waals surface area (Å²) in [5.74, 6) is -5.34. The molecule has 2 heterocycles. The zero-order valence-electron chi connectivity index (χ0n) is 13.1. The molecule has 2 aromatic heterocycles. The van der Waals surface area contributed by atoms with Gasteiger partial charge >= 0.3 is 12.2 Å². The molecule has 0 aliphatic heterocycles. The van der Waals surface area contributed by atoms with Gasteiger partial charge in [-0.1, -0.05) is 0 Å². The monoisotopic (exact) mass is 414 g/mol. The molecule has 14 heteroatoms. The number of H-pyrrole nitrogens is 1. The Bertz CT molecular complexity index is 1080. The number of nitrogens with one attached hydrogen (secondary N) is 1. The third-order valence-electron chi connectivity index (χ3n) is 3.33. The fourth-order valence-corrected chi connectivity index (χ4v) is 2.27. The van der Waals surface area contributed by atoms with Crippen LogP contribution in [-0.2, 0) is 0 Å². The van der Waals surface area contributed by atoms with Crippen LogP contribution in [0, 0.1) is 17.5 Å². The molecular formula is C14H6F8N4O2. The van der Waals surface area contributed by atoms with Gasteiger partial charge in [0.15, 0.2) is 24.1 Å². The second-order valence-corrected chi connectivity index (χ2v) is 5.30. The van der Waals surface area contributed by atoms with E-state index in [9.17, 15) is 39.9 Å². The van der Waals surface area contributed by atoms with E-state index in [1.54, 1.807) is 4.98 Å². The van der Waals surface area contributed by atoms with Crippen molar-refractivity contribution >= 4 is 5.65 Å². The minimum absolute atomic E-state index is 0.332. The van der Waals surface area contributed by atoms with E-state index in [-0.39, 0.29) is 0 Å². The van der Waals surface area contributed by atoms with Gasteiger partial charge in [-0.3, -0.25) is 9.78 Å². The molecule has 0 amide bonds. The topological polar surface area (TPSA) is 72.3 Å². The molecule has 1 aromatic carbocycles. The summed E-state index contributed by atoms with van der Waals surface area (Å²) in [6.07, 6.45) is -8.17. The van der Waals surface area contributed by atoms with Crippen molar-refractivity contribution in [3.8, 4) is 17.3 Å². The number of rotatable bonds is 4. The van der Waals surface area contributed by atoms with Gasteiger partial charge in [-0.2, -0.15) is 13.2 Å². The number of fused-ring (bicyclic) bond motifs is 1. The van der Waals surface area contributed by atoms with E-state index >= 15 is 0 Å². The van der Waals surface area contributed by atoms with Crippen LogP contribution in [0.1, 0.15) is 12.1 Å². The lowest BCUT2D eigenvalue weighted by atomic mass is 10.1. The molecule has 0 unspecified atom stereocenters. The Balaban J connectivity index is 2.26. The number of benzene rings is 1. The summed E-state index contributed by atoms with van der Waals surface area (Å²) in [6.45, 7) is -1.87. The van der Waals surface area contributed by atoms with Crippen LogP contribution in [0.3, 0.4) is 0 Å².